The van der Waals surface area contributed by atoms with Gasteiger partial charge >= 0.3 is 5.97 Å². The Morgan fingerprint density at radius 2 is 1.89 bits per heavy atom. The van der Waals surface area contributed by atoms with E-state index in [0.29, 0.717) is 25.3 Å². The van der Waals surface area contributed by atoms with E-state index < -0.39 is 12.0 Å². The van der Waals surface area contributed by atoms with Gasteiger partial charge in [0.05, 0.1) is 0 Å². The molecule has 1 amide bonds. The molecule has 18 heavy (non-hydrogen) atoms. The Labute approximate surface area is 109 Å². The first-order valence-electron chi connectivity index (χ1n) is 6.77. The Hall–Kier alpha value is -1.10. The van der Waals surface area contributed by atoms with Crippen LogP contribution >= 0.6 is 0 Å². The van der Waals surface area contributed by atoms with Gasteiger partial charge in [-0.05, 0) is 31.7 Å². The van der Waals surface area contributed by atoms with Gasteiger partial charge in [0.2, 0.25) is 5.91 Å². The molecule has 5 nitrogen and oxygen atoms in total. The Morgan fingerprint density at radius 1 is 1.22 bits per heavy atom. The summed E-state index contributed by atoms with van der Waals surface area (Å²) in [6.07, 6.45) is 4.65. The van der Waals surface area contributed by atoms with Crippen molar-refractivity contribution in [2.75, 3.05) is 6.54 Å². The van der Waals surface area contributed by atoms with Crippen LogP contribution in [0.4, 0.5) is 0 Å². The van der Waals surface area contributed by atoms with Crippen LogP contribution < -0.4 is 11.1 Å². The smallest absolute Gasteiger partial charge is 0.326 e. The molecular weight excluding hydrogens is 232 g/mol. The van der Waals surface area contributed by atoms with Crippen LogP contribution in [0.1, 0.15) is 52.4 Å². The second-order valence-corrected chi connectivity index (χ2v) is 4.64. The summed E-state index contributed by atoms with van der Waals surface area (Å²) in [7, 11) is 0. The summed E-state index contributed by atoms with van der Waals surface area (Å²) in [4.78, 5) is 22.4. The molecule has 0 bridgehead atoms. The van der Waals surface area contributed by atoms with Crippen LogP contribution in [0.3, 0.4) is 0 Å². The van der Waals surface area contributed by atoms with Crippen molar-refractivity contribution in [2.24, 2.45) is 11.7 Å². The molecule has 0 spiro atoms. The maximum absolute atomic E-state index is 11.6. The van der Waals surface area contributed by atoms with E-state index in [0.717, 1.165) is 25.7 Å². The molecule has 106 valence electrons. The topological polar surface area (TPSA) is 92.4 Å². The second kappa shape index (κ2) is 9.88. The lowest BCUT2D eigenvalue weighted by Crippen LogP contribution is -2.40. The highest BCUT2D eigenvalue weighted by molar-refractivity contribution is 5.83. The number of amides is 1. The third-order valence-corrected chi connectivity index (χ3v) is 3.09. The fourth-order valence-corrected chi connectivity index (χ4v) is 2.02. The molecule has 0 saturated heterocycles. The van der Waals surface area contributed by atoms with Gasteiger partial charge in [-0.1, -0.05) is 26.7 Å². The van der Waals surface area contributed by atoms with Gasteiger partial charge in [0.1, 0.15) is 6.04 Å². The average Bonchev–Trinajstić information content (AvgIpc) is 2.33. The third-order valence-electron chi connectivity index (χ3n) is 3.09. The molecular formula is C13H26N2O3. The number of rotatable bonds is 10. The molecule has 2 atom stereocenters. The van der Waals surface area contributed by atoms with E-state index in [1.807, 2.05) is 0 Å². The quantitative estimate of drug-likeness (QED) is 0.554. The Morgan fingerprint density at radius 3 is 2.33 bits per heavy atom. The van der Waals surface area contributed by atoms with E-state index >= 15 is 0 Å². The summed E-state index contributed by atoms with van der Waals surface area (Å²) in [5.41, 5.74) is 5.53. The number of carbonyl (C=O) groups excluding carboxylic acids is 1. The van der Waals surface area contributed by atoms with Gasteiger partial charge in [0, 0.05) is 6.42 Å². The zero-order valence-electron chi connectivity index (χ0n) is 11.4. The predicted octanol–water partition coefficient (Wildman–Crippen LogP) is 1.51. The lowest BCUT2D eigenvalue weighted by Gasteiger charge is -2.16. The number of carboxylic acid groups (broad SMARTS) is 1. The van der Waals surface area contributed by atoms with E-state index in [4.69, 9.17) is 10.8 Å². The van der Waals surface area contributed by atoms with Gasteiger partial charge in [-0.15, -0.1) is 0 Å². The number of aliphatic carboxylic acids is 1. The van der Waals surface area contributed by atoms with Crippen LogP contribution in [0.25, 0.3) is 0 Å². The molecule has 0 rings (SSSR count). The van der Waals surface area contributed by atoms with E-state index in [9.17, 15) is 9.59 Å². The number of hydrogen-bond acceptors (Lipinski definition) is 3. The van der Waals surface area contributed by atoms with Crippen LogP contribution in [0.2, 0.25) is 0 Å². The standard InChI is InChI=1S/C13H26N2O3/c1-3-5-10(8-9-14)6-7-12(16)15-11(4-2)13(17)18/h10-11H,3-9,14H2,1-2H3,(H,15,16)(H,17,18)/t10?,11-/m0/s1. The van der Waals surface area contributed by atoms with Crippen molar-refractivity contribution in [1.82, 2.24) is 5.32 Å². The van der Waals surface area contributed by atoms with E-state index in [1.165, 1.54) is 0 Å². The van der Waals surface area contributed by atoms with Crippen molar-refractivity contribution in [2.45, 2.75) is 58.4 Å². The molecule has 0 fully saturated rings. The number of hydrogen-bond donors (Lipinski definition) is 3. The third kappa shape index (κ3) is 7.27. The zero-order valence-corrected chi connectivity index (χ0v) is 11.4. The Balaban J connectivity index is 4.02. The normalized spacial score (nSPS) is 13.9. The molecule has 0 radical (unpaired) electrons. The first-order chi connectivity index (χ1) is 8.54. The molecule has 0 saturated carbocycles. The minimum Gasteiger partial charge on any atom is -0.480 e. The van der Waals surface area contributed by atoms with Gasteiger partial charge in [-0.2, -0.15) is 0 Å². The average molecular weight is 258 g/mol. The summed E-state index contributed by atoms with van der Waals surface area (Å²) in [5.74, 6) is -0.684. The Kier molecular flexibility index (Phi) is 9.28. The molecule has 0 aromatic carbocycles. The minimum atomic E-state index is -0.974. The van der Waals surface area contributed by atoms with Gasteiger partial charge < -0.3 is 16.2 Å². The van der Waals surface area contributed by atoms with Crippen molar-refractivity contribution < 1.29 is 14.7 Å². The van der Waals surface area contributed by atoms with Crippen LogP contribution in [0.15, 0.2) is 0 Å². The molecule has 0 aliphatic rings. The molecule has 4 N–H and O–H groups in total. The van der Waals surface area contributed by atoms with Crippen LogP contribution in [0, 0.1) is 5.92 Å². The maximum atomic E-state index is 11.6. The van der Waals surface area contributed by atoms with E-state index in [1.54, 1.807) is 6.92 Å². The van der Waals surface area contributed by atoms with Crippen LogP contribution in [-0.2, 0) is 9.59 Å². The Bertz CT molecular complexity index is 251. The summed E-state index contributed by atoms with van der Waals surface area (Å²) in [6.45, 7) is 4.49. The van der Waals surface area contributed by atoms with Crippen molar-refractivity contribution in [1.29, 1.82) is 0 Å². The van der Waals surface area contributed by atoms with E-state index in [2.05, 4.69) is 12.2 Å². The van der Waals surface area contributed by atoms with Gasteiger partial charge in [0.25, 0.3) is 0 Å². The lowest BCUT2D eigenvalue weighted by molar-refractivity contribution is -0.141. The highest BCUT2D eigenvalue weighted by Gasteiger charge is 2.18. The molecule has 0 aromatic rings. The monoisotopic (exact) mass is 258 g/mol. The summed E-state index contributed by atoms with van der Waals surface area (Å²) in [5, 5.41) is 11.4. The van der Waals surface area contributed by atoms with E-state index in [-0.39, 0.29) is 5.91 Å². The minimum absolute atomic E-state index is 0.178. The van der Waals surface area contributed by atoms with Crippen molar-refractivity contribution in [3.63, 3.8) is 0 Å². The lowest BCUT2D eigenvalue weighted by atomic mass is 9.94. The number of nitrogens with two attached hydrogens (primary N) is 1. The second-order valence-electron chi connectivity index (χ2n) is 4.64. The highest BCUT2D eigenvalue weighted by Crippen LogP contribution is 2.16. The van der Waals surface area contributed by atoms with Crippen LogP contribution in [0.5, 0.6) is 0 Å². The van der Waals surface area contributed by atoms with Gasteiger partial charge in [-0.25, -0.2) is 4.79 Å². The fraction of sp³-hybridized carbons (Fsp3) is 0.846. The number of carboxylic acids is 1. The fourth-order valence-electron chi connectivity index (χ4n) is 2.02. The highest BCUT2D eigenvalue weighted by atomic mass is 16.4. The molecule has 5 heteroatoms. The largest absolute Gasteiger partial charge is 0.480 e. The van der Waals surface area contributed by atoms with Crippen molar-refractivity contribution in [3.05, 3.63) is 0 Å². The number of carbonyl (C=O) groups is 2. The molecule has 1 unspecified atom stereocenters. The molecule has 0 aliphatic carbocycles. The first kappa shape index (κ1) is 16.9. The van der Waals surface area contributed by atoms with Gasteiger partial charge in [0.15, 0.2) is 0 Å². The van der Waals surface area contributed by atoms with Gasteiger partial charge in [-0.3, -0.25) is 4.79 Å². The summed E-state index contributed by atoms with van der Waals surface area (Å²) >= 11 is 0. The predicted molar refractivity (Wildman–Crippen MR) is 71.2 cm³/mol. The molecule has 0 aliphatic heterocycles. The zero-order chi connectivity index (χ0) is 14.0. The summed E-state index contributed by atoms with van der Waals surface area (Å²) in [6, 6.07) is -0.767. The SMILES string of the molecule is CCCC(CCN)CCC(=O)N[C@@H](CC)C(=O)O. The van der Waals surface area contributed by atoms with Crippen molar-refractivity contribution >= 4 is 11.9 Å². The molecule has 0 heterocycles. The first-order valence-corrected chi connectivity index (χ1v) is 6.77. The summed E-state index contributed by atoms with van der Waals surface area (Å²) < 4.78 is 0. The van der Waals surface area contributed by atoms with Crippen LogP contribution in [-0.4, -0.2) is 29.6 Å². The number of nitrogens with one attached hydrogen (secondary N) is 1. The maximum Gasteiger partial charge on any atom is 0.326 e. The molecule has 0 aromatic heterocycles. The van der Waals surface area contributed by atoms with Crippen molar-refractivity contribution in [3.8, 4) is 0 Å².